The molecule has 0 spiro atoms. The van der Waals surface area contributed by atoms with E-state index in [1.165, 1.54) is 11.0 Å². The van der Waals surface area contributed by atoms with E-state index in [0.717, 1.165) is 0 Å². The third kappa shape index (κ3) is 2.04. The summed E-state index contributed by atoms with van der Waals surface area (Å²) in [4.78, 5) is 24.1. The van der Waals surface area contributed by atoms with Gasteiger partial charge in [-0.2, -0.15) is 4.72 Å². The van der Waals surface area contributed by atoms with Gasteiger partial charge in [-0.05, 0) is 18.2 Å². The molecule has 0 unspecified atom stereocenters. The van der Waals surface area contributed by atoms with Crippen molar-refractivity contribution in [3.8, 4) is 0 Å². The number of nitrogens with zero attached hydrogens (tertiary/aromatic N) is 1. The van der Waals surface area contributed by atoms with Gasteiger partial charge in [-0.1, -0.05) is 12.1 Å². The minimum atomic E-state index is -3.98. The molecule has 1 heterocycles. The number of carboxylic acids is 1. The van der Waals surface area contributed by atoms with E-state index < -0.39 is 22.5 Å². The summed E-state index contributed by atoms with van der Waals surface area (Å²) < 4.78 is 26.6. The van der Waals surface area contributed by atoms with E-state index in [1.807, 2.05) is 4.72 Å². The molecule has 0 saturated carbocycles. The molecule has 3 rings (SSSR count). The number of hydrogen-bond donors (Lipinski definition) is 2. The summed E-state index contributed by atoms with van der Waals surface area (Å²) in [6, 6.07) is 7.77. The van der Waals surface area contributed by atoms with Crippen LogP contribution in [0.2, 0.25) is 0 Å². The van der Waals surface area contributed by atoms with Crippen LogP contribution in [0, 0.1) is 0 Å². The third-order valence-corrected chi connectivity index (χ3v) is 5.04. The highest BCUT2D eigenvalue weighted by Gasteiger charge is 2.30. The number of nitrogens with one attached hydrogen (secondary N) is 1. The molecule has 2 N–H and O–H groups in total. The van der Waals surface area contributed by atoms with E-state index in [4.69, 9.17) is 5.11 Å². The van der Waals surface area contributed by atoms with Crippen molar-refractivity contribution in [2.45, 2.75) is 4.90 Å². The number of aliphatic carboxylic acids is 1. The van der Waals surface area contributed by atoms with Gasteiger partial charge in [0.2, 0.25) is 10.0 Å². The smallest absolute Gasteiger partial charge is 0.318 e. The molecule has 1 aliphatic heterocycles. The van der Waals surface area contributed by atoms with Crippen molar-refractivity contribution in [3.63, 3.8) is 0 Å². The first-order valence-electron chi connectivity index (χ1n) is 6.38. The maximum absolute atomic E-state index is 12.3. The zero-order valence-electron chi connectivity index (χ0n) is 11.5. The Balaban J connectivity index is 2.23. The number of sulfonamides is 1. The van der Waals surface area contributed by atoms with Crippen molar-refractivity contribution >= 4 is 38.4 Å². The zero-order valence-corrected chi connectivity index (χ0v) is 12.3. The van der Waals surface area contributed by atoms with Crippen LogP contribution < -0.4 is 9.62 Å². The molecule has 1 amide bonds. The molecule has 0 atom stereocenters. The summed E-state index contributed by atoms with van der Waals surface area (Å²) in [5, 5.41) is 9.58. The van der Waals surface area contributed by atoms with Crippen LogP contribution in [0.1, 0.15) is 10.4 Å². The monoisotopic (exact) mass is 320 g/mol. The standard InChI is InChI=1S/C14H12N2O5S/c1-16-10-5-6-11(22(20,21)15-7-12(17)18)8-3-2-4-9(13(8)10)14(16)19/h2-6,15H,7H2,1H3,(H,17,18). The minimum absolute atomic E-state index is 0.0440. The second kappa shape index (κ2) is 4.79. The number of anilines is 1. The highest BCUT2D eigenvalue weighted by molar-refractivity contribution is 7.89. The highest BCUT2D eigenvalue weighted by atomic mass is 32.2. The summed E-state index contributed by atoms with van der Waals surface area (Å²) in [5.74, 6) is -1.47. The third-order valence-electron chi connectivity index (χ3n) is 3.58. The van der Waals surface area contributed by atoms with Gasteiger partial charge in [0.25, 0.3) is 5.91 Å². The molecule has 1 aliphatic rings. The molecule has 114 valence electrons. The van der Waals surface area contributed by atoms with Gasteiger partial charge < -0.3 is 10.0 Å². The molecule has 2 aromatic carbocycles. The number of benzene rings is 2. The van der Waals surface area contributed by atoms with Crippen molar-refractivity contribution in [2.75, 3.05) is 18.5 Å². The summed E-state index contributed by atoms with van der Waals surface area (Å²) >= 11 is 0. The Morgan fingerprint density at radius 2 is 2.00 bits per heavy atom. The van der Waals surface area contributed by atoms with Gasteiger partial charge in [0.05, 0.1) is 10.6 Å². The molecule has 0 saturated heterocycles. The predicted octanol–water partition coefficient (Wildman–Crippen LogP) is 0.793. The Morgan fingerprint density at radius 1 is 1.27 bits per heavy atom. The van der Waals surface area contributed by atoms with Gasteiger partial charge in [0.15, 0.2) is 0 Å². The van der Waals surface area contributed by atoms with Crippen LogP contribution in [0.3, 0.4) is 0 Å². The SMILES string of the molecule is CN1C(=O)c2cccc3c(S(=O)(=O)NCC(=O)O)ccc1c23. The zero-order chi connectivity index (χ0) is 16.1. The van der Waals surface area contributed by atoms with E-state index in [1.54, 1.807) is 31.3 Å². The Morgan fingerprint density at radius 3 is 2.68 bits per heavy atom. The normalized spacial score (nSPS) is 13.9. The van der Waals surface area contributed by atoms with Crippen LogP contribution in [-0.2, 0) is 14.8 Å². The second-order valence-electron chi connectivity index (χ2n) is 4.89. The first-order chi connectivity index (χ1) is 10.3. The van der Waals surface area contributed by atoms with Gasteiger partial charge in [-0.25, -0.2) is 8.42 Å². The molecular weight excluding hydrogens is 308 g/mol. The Bertz CT molecular complexity index is 920. The quantitative estimate of drug-likeness (QED) is 0.867. The van der Waals surface area contributed by atoms with Crippen LogP contribution in [0.15, 0.2) is 35.2 Å². The number of amides is 1. The fraction of sp³-hybridized carbons (Fsp3) is 0.143. The van der Waals surface area contributed by atoms with Gasteiger partial charge in [0, 0.05) is 23.4 Å². The maximum Gasteiger partial charge on any atom is 0.318 e. The lowest BCUT2D eigenvalue weighted by molar-refractivity contribution is -0.135. The molecule has 7 nitrogen and oxygen atoms in total. The van der Waals surface area contributed by atoms with Crippen molar-refractivity contribution in [3.05, 3.63) is 35.9 Å². The Labute approximate surface area is 126 Å². The van der Waals surface area contributed by atoms with Gasteiger partial charge in [-0.3, -0.25) is 9.59 Å². The second-order valence-corrected chi connectivity index (χ2v) is 6.63. The number of carbonyl (C=O) groups is 2. The fourth-order valence-electron chi connectivity index (χ4n) is 2.58. The van der Waals surface area contributed by atoms with Crippen LogP contribution in [0.25, 0.3) is 10.8 Å². The van der Waals surface area contributed by atoms with Crippen molar-refractivity contribution in [1.29, 1.82) is 0 Å². The lowest BCUT2D eigenvalue weighted by Gasteiger charge is -2.12. The summed E-state index contributed by atoms with van der Waals surface area (Å²) in [5.41, 5.74) is 1.07. The molecule has 0 fully saturated rings. The van der Waals surface area contributed by atoms with Crippen LogP contribution in [0.5, 0.6) is 0 Å². The summed E-state index contributed by atoms with van der Waals surface area (Å²) in [6.45, 7) is -0.704. The average Bonchev–Trinajstić information content (AvgIpc) is 2.73. The van der Waals surface area contributed by atoms with Gasteiger partial charge >= 0.3 is 5.97 Å². The number of carbonyl (C=O) groups excluding carboxylic acids is 1. The first-order valence-corrected chi connectivity index (χ1v) is 7.86. The summed E-state index contributed by atoms with van der Waals surface area (Å²) in [7, 11) is -2.36. The van der Waals surface area contributed by atoms with Gasteiger partial charge in [-0.15, -0.1) is 0 Å². The molecule has 22 heavy (non-hydrogen) atoms. The fourth-order valence-corrected chi connectivity index (χ4v) is 3.75. The predicted molar refractivity (Wildman–Crippen MR) is 79.5 cm³/mol. The van der Waals surface area contributed by atoms with Crippen molar-refractivity contribution in [2.24, 2.45) is 0 Å². The van der Waals surface area contributed by atoms with Crippen LogP contribution in [-0.4, -0.2) is 39.0 Å². The van der Waals surface area contributed by atoms with Gasteiger partial charge in [0.1, 0.15) is 6.54 Å². The van der Waals surface area contributed by atoms with E-state index >= 15 is 0 Å². The highest BCUT2D eigenvalue weighted by Crippen LogP contribution is 2.39. The lowest BCUT2D eigenvalue weighted by Crippen LogP contribution is -2.29. The number of hydrogen-bond acceptors (Lipinski definition) is 4. The van der Waals surface area contributed by atoms with Crippen LogP contribution >= 0.6 is 0 Å². The Kier molecular flexibility index (Phi) is 3.15. The summed E-state index contributed by atoms with van der Waals surface area (Å²) in [6.07, 6.45) is 0. The first kappa shape index (κ1) is 14.5. The molecule has 0 aliphatic carbocycles. The maximum atomic E-state index is 12.3. The van der Waals surface area contributed by atoms with E-state index in [-0.39, 0.29) is 10.8 Å². The minimum Gasteiger partial charge on any atom is -0.480 e. The molecular formula is C14H12N2O5S. The molecule has 0 aromatic heterocycles. The molecule has 0 bridgehead atoms. The molecule has 8 heteroatoms. The number of rotatable bonds is 4. The molecule has 0 radical (unpaired) electrons. The average molecular weight is 320 g/mol. The lowest BCUT2D eigenvalue weighted by atomic mass is 10.1. The van der Waals surface area contributed by atoms with E-state index in [0.29, 0.717) is 22.0 Å². The Hall–Kier alpha value is -2.45. The van der Waals surface area contributed by atoms with Crippen molar-refractivity contribution < 1.29 is 23.1 Å². The number of carboxylic acid groups (broad SMARTS) is 1. The van der Waals surface area contributed by atoms with E-state index in [2.05, 4.69) is 0 Å². The topological polar surface area (TPSA) is 104 Å². The van der Waals surface area contributed by atoms with Crippen LogP contribution in [0.4, 0.5) is 5.69 Å². The van der Waals surface area contributed by atoms with Crippen molar-refractivity contribution in [1.82, 2.24) is 4.72 Å². The molecule has 2 aromatic rings. The van der Waals surface area contributed by atoms with E-state index in [9.17, 15) is 18.0 Å². The largest absolute Gasteiger partial charge is 0.480 e.